The summed E-state index contributed by atoms with van der Waals surface area (Å²) in [6.07, 6.45) is 0. The molecule has 0 saturated carbocycles. The lowest BCUT2D eigenvalue weighted by atomic mass is 9.76. The van der Waals surface area contributed by atoms with Crippen LogP contribution in [0.5, 0.6) is 0 Å². The van der Waals surface area contributed by atoms with Crippen molar-refractivity contribution in [3.05, 3.63) is 108 Å². The summed E-state index contributed by atoms with van der Waals surface area (Å²) in [5, 5.41) is 10.0. The maximum atomic E-state index is 12.2. The van der Waals surface area contributed by atoms with Crippen LogP contribution in [0.4, 0.5) is 0 Å². The van der Waals surface area contributed by atoms with Crippen molar-refractivity contribution in [2.45, 2.75) is 31.5 Å². The van der Waals surface area contributed by atoms with Gasteiger partial charge in [-0.05, 0) is 22.6 Å². The predicted molar refractivity (Wildman–Crippen MR) is 111 cm³/mol. The molecule has 4 rings (SSSR count). The molecule has 3 aromatic carbocycles. The zero-order chi connectivity index (χ0) is 19.7. The van der Waals surface area contributed by atoms with E-state index in [4.69, 9.17) is 0 Å². The average Bonchev–Trinajstić information content (AvgIpc) is 3.48. The van der Waals surface area contributed by atoms with Crippen molar-refractivity contribution < 1.29 is 9.90 Å². The Morgan fingerprint density at radius 3 is 1.39 bits per heavy atom. The first-order chi connectivity index (χ1) is 13.6. The van der Waals surface area contributed by atoms with E-state index in [-0.39, 0.29) is 12.0 Å². The minimum Gasteiger partial charge on any atom is -0.480 e. The Bertz CT molecular complexity index is 841. The maximum absolute atomic E-state index is 12.2. The van der Waals surface area contributed by atoms with Crippen LogP contribution in [0.2, 0.25) is 0 Å². The van der Waals surface area contributed by atoms with Crippen molar-refractivity contribution in [1.82, 2.24) is 4.90 Å². The molecule has 1 unspecified atom stereocenters. The van der Waals surface area contributed by atoms with E-state index in [2.05, 4.69) is 55.1 Å². The van der Waals surface area contributed by atoms with Crippen LogP contribution >= 0.6 is 0 Å². The summed E-state index contributed by atoms with van der Waals surface area (Å²) in [7, 11) is 0. The van der Waals surface area contributed by atoms with Gasteiger partial charge in [0.25, 0.3) is 0 Å². The first-order valence-corrected chi connectivity index (χ1v) is 9.76. The van der Waals surface area contributed by atoms with Gasteiger partial charge in [0.15, 0.2) is 0 Å². The second-order valence-corrected chi connectivity index (χ2v) is 7.73. The van der Waals surface area contributed by atoms with Gasteiger partial charge < -0.3 is 5.11 Å². The quantitative estimate of drug-likeness (QED) is 0.501. The van der Waals surface area contributed by atoms with E-state index in [1.165, 1.54) is 0 Å². The summed E-state index contributed by atoms with van der Waals surface area (Å²) in [5.41, 5.74) is 2.60. The highest BCUT2D eigenvalue weighted by atomic mass is 16.4. The number of carboxylic acids is 1. The molecule has 1 aliphatic heterocycles. The van der Waals surface area contributed by atoms with E-state index in [1.807, 2.05) is 54.6 Å². The third kappa shape index (κ3) is 2.83. The molecule has 142 valence electrons. The Labute approximate surface area is 166 Å². The lowest BCUT2D eigenvalue weighted by molar-refractivity contribution is -0.137. The van der Waals surface area contributed by atoms with Crippen molar-refractivity contribution in [1.29, 1.82) is 0 Å². The first kappa shape index (κ1) is 18.5. The van der Waals surface area contributed by atoms with Crippen molar-refractivity contribution in [3.63, 3.8) is 0 Å². The predicted octanol–water partition coefficient (Wildman–Crippen LogP) is 4.77. The third-order valence-corrected chi connectivity index (χ3v) is 5.75. The third-order valence-electron chi connectivity index (χ3n) is 5.75. The molecule has 0 bridgehead atoms. The van der Waals surface area contributed by atoms with Crippen LogP contribution in [0.25, 0.3) is 0 Å². The molecular weight excluding hydrogens is 346 g/mol. The van der Waals surface area contributed by atoms with E-state index >= 15 is 0 Å². The lowest BCUT2D eigenvalue weighted by Crippen LogP contribution is -2.41. The highest BCUT2D eigenvalue weighted by Crippen LogP contribution is 2.53. The number of rotatable bonds is 6. The molecule has 1 aliphatic rings. The Hall–Kier alpha value is -2.91. The summed E-state index contributed by atoms with van der Waals surface area (Å²) in [4.78, 5) is 14.4. The topological polar surface area (TPSA) is 40.3 Å². The van der Waals surface area contributed by atoms with Crippen LogP contribution in [-0.2, 0) is 10.3 Å². The van der Waals surface area contributed by atoms with Crippen molar-refractivity contribution >= 4 is 5.97 Å². The monoisotopic (exact) mass is 371 g/mol. The summed E-state index contributed by atoms with van der Waals surface area (Å²) in [6.45, 7) is 4.21. The molecular formula is C25H25NO2. The zero-order valence-electron chi connectivity index (χ0n) is 16.2. The summed E-state index contributed by atoms with van der Waals surface area (Å²) >= 11 is 0. The van der Waals surface area contributed by atoms with Crippen LogP contribution < -0.4 is 0 Å². The van der Waals surface area contributed by atoms with E-state index in [1.54, 1.807) is 0 Å². The second kappa shape index (κ2) is 7.25. The van der Waals surface area contributed by atoms with Gasteiger partial charge in [-0.1, -0.05) is 105 Å². The van der Waals surface area contributed by atoms with Crippen molar-refractivity contribution in [3.8, 4) is 0 Å². The van der Waals surface area contributed by atoms with Gasteiger partial charge in [-0.25, -0.2) is 0 Å². The number of aliphatic carboxylic acids is 1. The molecule has 0 amide bonds. The average molecular weight is 371 g/mol. The van der Waals surface area contributed by atoms with E-state index in [0.29, 0.717) is 0 Å². The summed E-state index contributed by atoms with van der Waals surface area (Å²) in [6, 6.07) is 30.3. The highest BCUT2D eigenvalue weighted by Gasteiger charge is 2.64. The van der Waals surface area contributed by atoms with Gasteiger partial charge in [-0.3, -0.25) is 9.69 Å². The van der Waals surface area contributed by atoms with Gasteiger partial charge in [-0.15, -0.1) is 0 Å². The molecule has 1 heterocycles. The van der Waals surface area contributed by atoms with Gasteiger partial charge in [0.2, 0.25) is 0 Å². The molecule has 3 heteroatoms. The normalized spacial score (nSPS) is 21.5. The van der Waals surface area contributed by atoms with E-state index in [0.717, 1.165) is 16.7 Å². The zero-order valence-corrected chi connectivity index (χ0v) is 16.2. The Balaban J connectivity index is 2.04. The number of nitrogens with zero attached hydrogens (tertiary/aromatic N) is 1. The molecule has 28 heavy (non-hydrogen) atoms. The fourth-order valence-corrected chi connectivity index (χ4v) is 4.62. The molecule has 0 aliphatic carbocycles. The Morgan fingerprint density at radius 1 is 0.786 bits per heavy atom. The van der Waals surface area contributed by atoms with Gasteiger partial charge in [0.05, 0.1) is 5.54 Å². The van der Waals surface area contributed by atoms with Crippen LogP contribution in [0, 0.1) is 5.92 Å². The molecule has 1 fully saturated rings. The summed E-state index contributed by atoms with van der Waals surface area (Å²) < 4.78 is 0. The molecule has 3 nitrogen and oxygen atoms in total. The van der Waals surface area contributed by atoms with Gasteiger partial charge in [-0.2, -0.15) is 0 Å². The number of hydrogen-bond acceptors (Lipinski definition) is 2. The number of benzene rings is 3. The highest BCUT2D eigenvalue weighted by molar-refractivity contribution is 5.79. The minimum atomic E-state index is -0.758. The van der Waals surface area contributed by atoms with Gasteiger partial charge in [0.1, 0.15) is 6.04 Å². The van der Waals surface area contributed by atoms with Crippen LogP contribution in [0.15, 0.2) is 91.0 Å². The van der Waals surface area contributed by atoms with Gasteiger partial charge >= 0.3 is 5.97 Å². The van der Waals surface area contributed by atoms with Crippen LogP contribution in [0.3, 0.4) is 0 Å². The van der Waals surface area contributed by atoms with Crippen molar-refractivity contribution in [2.75, 3.05) is 0 Å². The van der Waals surface area contributed by atoms with E-state index in [9.17, 15) is 9.90 Å². The molecule has 0 radical (unpaired) electrons. The Morgan fingerprint density at radius 2 is 1.14 bits per heavy atom. The molecule has 3 atom stereocenters. The standard InChI is InChI=1S/C25H25NO2/c1-18(2)22-23(24(27)28)26(22)25(19-12-6-3-7-13-19,20-14-8-4-9-15-20)21-16-10-5-11-17-21/h3-18,22-23H,1-2H3,(H,27,28)/t22-,23-,26?/m0/s1. The Kier molecular flexibility index (Phi) is 4.78. The first-order valence-electron chi connectivity index (χ1n) is 9.76. The maximum Gasteiger partial charge on any atom is 0.322 e. The number of carboxylic acid groups (broad SMARTS) is 1. The summed E-state index contributed by atoms with van der Waals surface area (Å²) in [5.74, 6) is -0.525. The fraction of sp³-hybridized carbons (Fsp3) is 0.240. The second-order valence-electron chi connectivity index (χ2n) is 7.73. The minimum absolute atomic E-state index is 0.0295. The molecule has 3 aromatic rings. The SMILES string of the molecule is CC(C)[C@H]1[C@@H](C(=O)O)N1C(c1ccccc1)(c1ccccc1)c1ccccc1. The molecule has 1 N–H and O–H groups in total. The molecule has 0 aromatic heterocycles. The van der Waals surface area contributed by atoms with Crippen LogP contribution in [-0.4, -0.2) is 28.1 Å². The molecule has 1 saturated heterocycles. The van der Waals surface area contributed by atoms with Gasteiger partial charge in [0, 0.05) is 6.04 Å². The largest absolute Gasteiger partial charge is 0.480 e. The number of carbonyl (C=O) groups is 1. The fourth-order valence-electron chi connectivity index (χ4n) is 4.62. The molecule has 0 spiro atoms. The smallest absolute Gasteiger partial charge is 0.322 e. The van der Waals surface area contributed by atoms with Crippen molar-refractivity contribution in [2.24, 2.45) is 5.92 Å². The lowest BCUT2D eigenvalue weighted by Gasteiger charge is -2.39. The number of hydrogen-bond donors (Lipinski definition) is 1. The van der Waals surface area contributed by atoms with E-state index < -0.39 is 17.6 Å². The van der Waals surface area contributed by atoms with Crippen LogP contribution in [0.1, 0.15) is 30.5 Å².